The first-order valence-electron chi connectivity index (χ1n) is 44.6. The SMILES string of the molecule is c1ccc(-c2ccc(N(c3ccc(-c4ccc5c(c4)oc4ccccc45)cc3)c3ccc4oc5ccccc5c4c3)cc2)cc1.c1ccc(-c2ccc(N(c3ccc(-c4ccc5oc6ccccc6c5c4)cc3)c3ccc4oc5ccccc5c4c3)c3ccccc23)cc1.c1ccc(-c2ccc(N(c3ccc(-c4ccccc4)cc3)c3ccc4c(c3)sc3ccccc34)cc2)cc1. The molecule has 0 amide bonds. The zero-order valence-electron chi connectivity index (χ0n) is 71.6. The summed E-state index contributed by atoms with van der Waals surface area (Å²) in [5, 5.41) is 14.0. The zero-order valence-corrected chi connectivity index (χ0v) is 72.5. The number of furan rings is 4. The second-order valence-corrected chi connectivity index (χ2v) is 34.4. The lowest BCUT2D eigenvalue weighted by Gasteiger charge is -2.28. The standard InChI is InChI=1S/C46H29NO2.C42H27NO2.C36H25NS/c1-2-10-31(11-3-1)35-24-25-42(37-13-5-4-12-36(35)37)47(34-23-27-46-41(29-34)39-15-7-9-17-44(39)49-46)33-21-18-30(19-22-33)32-20-26-45-40(28-32)38-14-6-8-16-43(38)48-45;1-2-8-28(9-3-1)29-14-19-32(20-15-29)43(34-23-25-41-38(27-34)36-11-5-7-13-40(36)44-41)33-21-16-30(17-22-33)31-18-24-37-35-10-4-6-12-39(35)45-42(37)26-31;1-3-9-26(10-4-1)28-15-19-30(20-16-28)37(31-21-17-29(18-22-31)27-11-5-2-6-12-27)32-23-24-34-33-13-7-8-14-35(33)38-36(34)25-32/h1-29H;1-27H;1-25H. The molecule has 622 valence electrons. The van der Waals surface area contributed by atoms with E-state index in [9.17, 15) is 0 Å². The van der Waals surface area contributed by atoms with Crippen LogP contribution >= 0.6 is 11.3 Å². The van der Waals surface area contributed by atoms with Crippen molar-refractivity contribution in [3.05, 3.63) is 491 Å². The van der Waals surface area contributed by atoms with Crippen LogP contribution in [0.3, 0.4) is 0 Å². The van der Waals surface area contributed by atoms with Gasteiger partial charge in [0.2, 0.25) is 0 Å². The lowest BCUT2D eigenvalue weighted by Crippen LogP contribution is -2.10. The molecule has 0 saturated heterocycles. The molecule has 0 aliphatic rings. The first kappa shape index (κ1) is 78.2. The maximum atomic E-state index is 6.22. The van der Waals surface area contributed by atoms with Crippen molar-refractivity contribution >= 4 is 181 Å². The van der Waals surface area contributed by atoms with Gasteiger partial charge in [-0.05, 0) is 242 Å². The fraction of sp³-hybridized carbons (Fsp3) is 0. The van der Waals surface area contributed by atoms with Gasteiger partial charge in [-0.1, -0.05) is 322 Å². The van der Waals surface area contributed by atoms with Crippen molar-refractivity contribution in [1.82, 2.24) is 0 Å². The summed E-state index contributed by atoms with van der Waals surface area (Å²) in [6.07, 6.45) is 0. The summed E-state index contributed by atoms with van der Waals surface area (Å²) in [5.74, 6) is 0. The van der Waals surface area contributed by atoms with Gasteiger partial charge in [0.25, 0.3) is 0 Å². The Hall–Kier alpha value is -17.3. The second-order valence-electron chi connectivity index (χ2n) is 33.3. The molecule has 0 bridgehead atoms. The van der Waals surface area contributed by atoms with E-state index in [1.807, 2.05) is 65.9 Å². The van der Waals surface area contributed by atoms with Crippen molar-refractivity contribution in [3.8, 4) is 66.8 Å². The van der Waals surface area contributed by atoms with Crippen LogP contribution in [0.4, 0.5) is 51.2 Å². The van der Waals surface area contributed by atoms with Crippen LogP contribution in [-0.2, 0) is 0 Å². The van der Waals surface area contributed by atoms with Crippen LogP contribution in [0, 0.1) is 0 Å². The molecule has 0 aliphatic heterocycles. The Morgan fingerprint density at radius 1 is 0.136 bits per heavy atom. The van der Waals surface area contributed by atoms with Gasteiger partial charge in [0.1, 0.15) is 44.7 Å². The zero-order chi connectivity index (χ0) is 87.4. The first-order chi connectivity index (χ1) is 65.4. The van der Waals surface area contributed by atoms with Gasteiger partial charge in [-0.15, -0.1) is 11.3 Å². The summed E-state index contributed by atoms with van der Waals surface area (Å²) in [6, 6.07) is 174. The van der Waals surface area contributed by atoms with Crippen LogP contribution in [0.5, 0.6) is 0 Å². The van der Waals surface area contributed by atoms with E-state index >= 15 is 0 Å². The monoisotopic (exact) mass is 1710 g/mol. The molecule has 0 fully saturated rings. The Labute approximate surface area is 766 Å². The van der Waals surface area contributed by atoms with Gasteiger partial charge in [-0.2, -0.15) is 0 Å². The molecule has 26 aromatic rings. The number of fused-ring (bicyclic) bond motifs is 16. The molecule has 7 nitrogen and oxygen atoms in total. The van der Waals surface area contributed by atoms with Gasteiger partial charge in [0.05, 0.1) is 5.69 Å². The van der Waals surface area contributed by atoms with Crippen molar-refractivity contribution < 1.29 is 17.7 Å². The topological polar surface area (TPSA) is 62.3 Å². The maximum Gasteiger partial charge on any atom is 0.136 e. The molecule has 8 heteroatoms. The average molecular weight is 1710 g/mol. The summed E-state index contributed by atoms with van der Waals surface area (Å²) in [5.41, 5.74) is 31.3. The van der Waals surface area contributed by atoms with Crippen molar-refractivity contribution in [2.75, 3.05) is 14.7 Å². The molecule has 0 radical (unpaired) electrons. The van der Waals surface area contributed by atoms with Gasteiger partial charge in [0.15, 0.2) is 0 Å². The predicted octanol–water partition coefficient (Wildman–Crippen LogP) is 36.6. The highest BCUT2D eigenvalue weighted by Crippen LogP contribution is 2.48. The van der Waals surface area contributed by atoms with E-state index in [0.717, 1.165) is 161 Å². The Kier molecular flexibility index (Phi) is 20.0. The van der Waals surface area contributed by atoms with Gasteiger partial charge in [-0.3, -0.25) is 0 Å². The molecular formula is C124H81N3O4S. The molecule has 0 saturated carbocycles. The van der Waals surface area contributed by atoms with Crippen molar-refractivity contribution in [2.24, 2.45) is 0 Å². The molecule has 0 N–H and O–H groups in total. The van der Waals surface area contributed by atoms with Crippen molar-refractivity contribution in [3.63, 3.8) is 0 Å². The van der Waals surface area contributed by atoms with Crippen LogP contribution < -0.4 is 14.7 Å². The molecule has 0 spiro atoms. The minimum atomic E-state index is 0.881. The van der Waals surface area contributed by atoms with Crippen LogP contribution in [0.1, 0.15) is 0 Å². The highest BCUT2D eigenvalue weighted by Gasteiger charge is 2.24. The largest absolute Gasteiger partial charge is 0.456 e. The minimum Gasteiger partial charge on any atom is -0.456 e. The van der Waals surface area contributed by atoms with E-state index in [-0.39, 0.29) is 0 Å². The van der Waals surface area contributed by atoms with Gasteiger partial charge in [-0.25, -0.2) is 0 Å². The third-order valence-corrected chi connectivity index (χ3v) is 26.6. The molecule has 26 rings (SSSR count). The Morgan fingerprint density at radius 3 is 0.871 bits per heavy atom. The van der Waals surface area contributed by atoms with Gasteiger partial charge in [0, 0.05) is 114 Å². The highest BCUT2D eigenvalue weighted by molar-refractivity contribution is 7.25. The van der Waals surface area contributed by atoms with Crippen molar-refractivity contribution in [1.29, 1.82) is 0 Å². The van der Waals surface area contributed by atoms with E-state index in [0.29, 0.717) is 0 Å². The van der Waals surface area contributed by atoms with Crippen molar-refractivity contribution in [2.45, 2.75) is 0 Å². The number of benzene rings is 21. The summed E-state index contributed by atoms with van der Waals surface area (Å²) in [7, 11) is 0. The number of nitrogens with zero attached hydrogens (tertiary/aromatic N) is 3. The predicted molar refractivity (Wildman–Crippen MR) is 555 cm³/mol. The number of thiophene rings is 1. The fourth-order valence-corrected chi connectivity index (χ4v) is 20.1. The maximum absolute atomic E-state index is 6.22. The molecular weight excluding hydrogens is 1630 g/mol. The van der Waals surface area contributed by atoms with E-state index in [1.165, 1.54) is 75.5 Å². The number of hydrogen-bond donors (Lipinski definition) is 0. The minimum absolute atomic E-state index is 0.881. The third kappa shape index (κ3) is 14.8. The average Bonchev–Trinajstić information content (AvgIpc) is 1.36. The lowest BCUT2D eigenvalue weighted by atomic mass is 9.96. The summed E-state index contributed by atoms with van der Waals surface area (Å²) >= 11 is 1.86. The van der Waals surface area contributed by atoms with Crippen LogP contribution in [0.25, 0.3) is 185 Å². The first-order valence-corrected chi connectivity index (χ1v) is 45.4. The normalized spacial score (nSPS) is 11.5. The van der Waals surface area contributed by atoms with E-state index < -0.39 is 0 Å². The number of rotatable bonds is 15. The molecule has 5 aromatic heterocycles. The lowest BCUT2D eigenvalue weighted by molar-refractivity contribution is 0.668. The fourth-order valence-electron chi connectivity index (χ4n) is 18.9. The second kappa shape index (κ2) is 33.8. The number of para-hydroxylation sites is 4. The molecule has 132 heavy (non-hydrogen) atoms. The number of anilines is 9. The highest BCUT2D eigenvalue weighted by atomic mass is 32.1. The van der Waals surface area contributed by atoms with Crippen LogP contribution in [0.2, 0.25) is 0 Å². The van der Waals surface area contributed by atoms with Gasteiger partial charge >= 0.3 is 0 Å². The van der Waals surface area contributed by atoms with Crippen LogP contribution in [0.15, 0.2) is 509 Å². The number of hydrogen-bond acceptors (Lipinski definition) is 8. The molecule has 5 heterocycles. The third-order valence-electron chi connectivity index (χ3n) is 25.5. The molecule has 0 aliphatic carbocycles. The summed E-state index contributed by atoms with van der Waals surface area (Å²) < 4.78 is 27.3. The molecule has 0 unspecified atom stereocenters. The smallest absolute Gasteiger partial charge is 0.136 e. The Bertz CT molecular complexity index is 8660. The Balaban J connectivity index is 0.000000110. The van der Waals surface area contributed by atoms with Gasteiger partial charge < -0.3 is 32.4 Å². The van der Waals surface area contributed by atoms with E-state index in [4.69, 9.17) is 17.7 Å². The van der Waals surface area contributed by atoms with E-state index in [1.54, 1.807) is 0 Å². The van der Waals surface area contributed by atoms with E-state index in [2.05, 4.69) is 451 Å². The summed E-state index contributed by atoms with van der Waals surface area (Å²) in [4.78, 5) is 7.03. The van der Waals surface area contributed by atoms with Crippen LogP contribution in [-0.4, -0.2) is 0 Å². The quantitative estimate of drug-likeness (QED) is 0.101. The molecule has 21 aromatic carbocycles. The Morgan fingerprint density at radius 2 is 0.409 bits per heavy atom. The summed E-state index contributed by atoms with van der Waals surface area (Å²) in [6.45, 7) is 0. The molecule has 0 atom stereocenters.